The van der Waals surface area contributed by atoms with Gasteiger partial charge < -0.3 is 24.4 Å². The summed E-state index contributed by atoms with van der Waals surface area (Å²) in [6.45, 7) is -0.475. The Morgan fingerprint density at radius 3 is 2.40 bits per heavy atom. The lowest BCUT2D eigenvalue weighted by Crippen LogP contribution is -2.39. The zero-order chi connectivity index (χ0) is 18.8. The smallest absolute Gasteiger partial charge is 0.306 e. The van der Waals surface area contributed by atoms with Gasteiger partial charge in [0.15, 0.2) is 18.1 Å². The van der Waals surface area contributed by atoms with Gasteiger partial charge in [0.05, 0.1) is 20.8 Å². The molecular formula is C17H24N2O6. The van der Waals surface area contributed by atoms with Gasteiger partial charge in [-0.25, -0.2) is 0 Å². The molecule has 0 saturated heterocycles. The first kappa shape index (κ1) is 20.3. The van der Waals surface area contributed by atoms with E-state index in [-0.39, 0.29) is 18.9 Å². The quantitative estimate of drug-likeness (QED) is 0.646. The van der Waals surface area contributed by atoms with Gasteiger partial charge in [0.2, 0.25) is 5.91 Å². The molecule has 1 aromatic carbocycles. The molecule has 0 heterocycles. The van der Waals surface area contributed by atoms with Crippen LogP contribution in [0.3, 0.4) is 0 Å². The molecule has 0 aliphatic heterocycles. The van der Waals surface area contributed by atoms with Crippen LogP contribution in [0, 0.1) is 0 Å². The summed E-state index contributed by atoms with van der Waals surface area (Å²) in [6, 6.07) is 5.38. The summed E-state index contributed by atoms with van der Waals surface area (Å²) in [5.74, 6) is -0.0341. The molecule has 0 aliphatic carbocycles. The Hall–Kier alpha value is -2.77. The molecule has 0 saturated carbocycles. The molecular weight excluding hydrogens is 328 g/mol. The average molecular weight is 352 g/mol. The summed E-state index contributed by atoms with van der Waals surface area (Å²) in [5.41, 5.74) is 0.887. The van der Waals surface area contributed by atoms with Gasteiger partial charge in [-0.1, -0.05) is 6.07 Å². The van der Waals surface area contributed by atoms with Crippen molar-refractivity contribution in [2.75, 3.05) is 41.5 Å². The number of rotatable bonds is 9. The second-order valence-corrected chi connectivity index (χ2v) is 5.27. The Balaban J connectivity index is 2.42. The van der Waals surface area contributed by atoms with Crippen LogP contribution in [0.2, 0.25) is 0 Å². The number of carbonyl (C=O) groups is 3. The lowest BCUT2D eigenvalue weighted by atomic mass is 10.1. The number of hydrogen-bond acceptors (Lipinski definition) is 6. The summed E-state index contributed by atoms with van der Waals surface area (Å²) in [7, 11) is 6.04. The van der Waals surface area contributed by atoms with E-state index >= 15 is 0 Å². The molecule has 0 aliphatic rings. The van der Waals surface area contributed by atoms with E-state index in [1.54, 1.807) is 19.2 Å². The molecule has 0 unspecified atom stereocenters. The van der Waals surface area contributed by atoms with E-state index in [1.807, 2.05) is 6.07 Å². The number of carbonyl (C=O) groups excluding carboxylic acids is 3. The number of nitrogens with zero attached hydrogens (tertiary/aromatic N) is 1. The van der Waals surface area contributed by atoms with Crippen LogP contribution < -0.4 is 14.8 Å². The molecule has 25 heavy (non-hydrogen) atoms. The fourth-order valence-corrected chi connectivity index (χ4v) is 1.99. The molecule has 1 aromatic rings. The minimum absolute atomic E-state index is 0.0848. The molecule has 2 amide bonds. The fraction of sp³-hybridized carbons (Fsp3) is 0.471. The maximum Gasteiger partial charge on any atom is 0.306 e. The van der Waals surface area contributed by atoms with Gasteiger partial charge in [0, 0.05) is 20.5 Å². The summed E-state index contributed by atoms with van der Waals surface area (Å²) >= 11 is 0. The number of esters is 1. The molecule has 1 N–H and O–H groups in total. The van der Waals surface area contributed by atoms with E-state index in [0.717, 1.165) is 5.56 Å². The molecule has 8 heteroatoms. The monoisotopic (exact) mass is 352 g/mol. The van der Waals surface area contributed by atoms with Crippen LogP contribution in [-0.2, 0) is 25.5 Å². The van der Waals surface area contributed by atoms with Crippen LogP contribution >= 0.6 is 0 Å². The largest absolute Gasteiger partial charge is 0.493 e. The van der Waals surface area contributed by atoms with E-state index in [0.29, 0.717) is 17.9 Å². The number of ether oxygens (including phenoxy) is 3. The molecule has 0 fully saturated rings. The number of aryl methyl sites for hydroxylation is 1. The first-order valence-electron chi connectivity index (χ1n) is 7.72. The number of methoxy groups -OCH3 is 2. The van der Waals surface area contributed by atoms with E-state index < -0.39 is 18.5 Å². The normalized spacial score (nSPS) is 9.92. The topological polar surface area (TPSA) is 94.2 Å². The van der Waals surface area contributed by atoms with Gasteiger partial charge in [-0.3, -0.25) is 14.4 Å². The van der Waals surface area contributed by atoms with Crippen molar-refractivity contribution in [3.63, 3.8) is 0 Å². The Bertz CT molecular complexity index is 617. The second-order valence-electron chi connectivity index (χ2n) is 5.27. The van der Waals surface area contributed by atoms with Crippen LogP contribution in [0.15, 0.2) is 18.2 Å². The maximum atomic E-state index is 11.8. The highest BCUT2D eigenvalue weighted by Gasteiger charge is 2.14. The van der Waals surface area contributed by atoms with Gasteiger partial charge in [0.1, 0.15) is 0 Å². The molecule has 0 spiro atoms. The highest BCUT2D eigenvalue weighted by Crippen LogP contribution is 2.27. The van der Waals surface area contributed by atoms with Gasteiger partial charge >= 0.3 is 5.97 Å². The predicted octanol–water partition coefficient (Wildman–Crippen LogP) is 0.384. The van der Waals surface area contributed by atoms with Gasteiger partial charge in [0.25, 0.3) is 5.91 Å². The zero-order valence-electron chi connectivity index (χ0n) is 15.0. The SMILES string of the molecule is CNC(=O)CN(C)C(=O)COC(=O)CCc1ccc(OC)c(OC)c1. The predicted molar refractivity (Wildman–Crippen MR) is 90.5 cm³/mol. The molecule has 138 valence electrons. The molecule has 0 radical (unpaired) electrons. The van der Waals surface area contributed by atoms with Crippen LogP contribution in [0.4, 0.5) is 0 Å². The van der Waals surface area contributed by atoms with Crippen LogP contribution in [0.5, 0.6) is 11.5 Å². The van der Waals surface area contributed by atoms with E-state index in [1.165, 1.54) is 26.1 Å². The third-order valence-electron chi connectivity index (χ3n) is 3.51. The van der Waals surface area contributed by atoms with Crippen molar-refractivity contribution in [3.8, 4) is 11.5 Å². The number of likely N-dealkylation sites (N-methyl/N-ethyl adjacent to an activating group) is 2. The Morgan fingerprint density at radius 1 is 1.12 bits per heavy atom. The zero-order valence-corrected chi connectivity index (χ0v) is 15.0. The minimum Gasteiger partial charge on any atom is -0.493 e. The van der Waals surface area contributed by atoms with Crippen molar-refractivity contribution < 1.29 is 28.6 Å². The number of nitrogens with one attached hydrogen (secondary N) is 1. The third-order valence-corrected chi connectivity index (χ3v) is 3.51. The van der Waals surface area contributed by atoms with Crippen molar-refractivity contribution in [2.24, 2.45) is 0 Å². The standard InChI is InChI=1S/C17H24N2O6/c1-18-15(20)10-19(2)16(21)11-25-17(22)8-6-12-5-7-13(23-3)14(9-12)24-4/h5,7,9H,6,8,10-11H2,1-4H3,(H,18,20). The first-order chi connectivity index (χ1) is 11.9. The summed E-state index contributed by atoms with van der Waals surface area (Å²) < 4.78 is 15.3. The maximum absolute atomic E-state index is 11.8. The first-order valence-corrected chi connectivity index (χ1v) is 7.72. The number of benzene rings is 1. The lowest BCUT2D eigenvalue weighted by molar-refractivity contribution is -0.151. The van der Waals surface area contributed by atoms with Crippen molar-refractivity contribution >= 4 is 17.8 Å². The van der Waals surface area contributed by atoms with Crippen LogP contribution in [0.1, 0.15) is 12.0 Å². The summed E-state index contributed by atoms with van der Waals surface area (Å²) in [6.07, 6.45) is 0.573. The third kappa shape index (κ3) is 6.70. The molecule has 0 bridgehead atoms. The fourth-order valence-electron chi connectivity index (χ4n) is 1.99. The molecule has 8 nitrogen and oxygen atoms in total. The van der Waals surface area contributed by atoms with Crippen molar-refractivity contribution in [1.29, 1.82) is 0 Å². The molecule has 0 atom stereocenters. The Labute approximate surface area is 147 Å². The Kier molecular flexibility index (Phi) is 8.25. The lowest BCUT2D eigenvalue weighted by Gasteiger charge is -2.15. The van der Waals surface area contributed by atoms with Crippen molar-refractivity contribution in [2.45, 2.75) is 12.8 Å². The van der Waals surface area contributed by atoms with Crippen molar-refractivity contribution in [3.05, 3.63) is 23.8 Å². The van der Waals surface area contributed by atoms with Gasteiger partial charge in [-0.15, -0.1) is 0 Å². The van der Waals surface area contributed by atoms with E-state index in [2.05, 4.69) is 5.32 Å². The second kappa shape index (κ2) is 10.2. The van der Waals surface area contributed by atoms with Gasteiger partial charge in [-0.2, -0.15) is 0 Å². The van der Waals surface area contributed by atoms with Gasteiger partial charge in [-0.05, 0) is 24.1 Å². The van der Waals surface area contributed by atoms with Crippen LogP contribution in [-0.4, -0.2) is 64.2 Å². The highest BCUT2D eigenvalue weighted by molar-refractivity contribution is 5.86. The van der Waals surface area contributed by atoms with Crippen molar-refractivity contribution in [1.82, 2.24) is 10.2 Å². The summed E-state index contributed by atoms with van der Waals surface area (Å²) in [4.78, 5) is 35.9. The van der Waals surface area contributed by atoms with E-state index in [4.69, 9.17) is 14.2 Å². The van der Waals surface area contributed by atoms with Crippen LogP contribution in [0.25, 0.3) is 0 Å². The molecule has 0 aromatic heterocycles. The van der Waals surface area contributed by atoms with E-state index in [9.17, 15) is 14.4 Å². The Morgan fingerprint density at radius 2 is 1.80 bits per heavy atom. The average Bonchev–Trinajstić information content (AvgIpc) is 2.63. The molecule has 1 rings (SSSR count). The highest BCUT2D eigenvalue weighted by atomic mass is 16.5. The number of hydrogen-bond donors (Lipinski definition) is 1. The minimum atomic E-state index is -0.489. The number of amides is 2. The summed E-state index contributed by atoms with van der Waals surface area (Å²) in [5, 5.41) is 2.41.